The molecule has 0 fully saturated rings. The van der Waals surface area contributed by atoms with Gasteiger partial charge in [0.15, 0.2) is 5.82 Å². The van der Waals surface area contributed by atoms with Gasteiger partial charge in [0.05, 0.1) is 0 Å². The molecule has 0 saturated carbocycles. The third-order valence-electron chi connectivity index (χ3n) is 3.63. The van der Waals surface area contributed by atoms with Crippen molar-refractivity contribution in [2.45, 2.75) is 13.8 Å². The Labute approximate surface area is 128 Å². The number of aromatic nitrogens is 4. The molecule has 3 aromatic rings. The highest BCUT2D eigenvalue weighted by Crippen LogP contribution is 2.18. The summed E-state index contributed by atoms with van der Waals surface area (Å²) in [5.74, 6) is 1.31. The molecule has 0 N–H and O–H groups in total. The second kappa shape index (κ2) is 5.93. The predicted octanol–water partition coefficient (Wildman–Crippen LogP) is 2.27. The minimum atomic E-state index is 0.0457. The molecule has 1 amide bonds. The van der Waals surface area contributed by atoms with Crippen LogP contribution in [0.25, 0.3) is 17.2 Å². The van der Waals surface area contributed by atoms with Crippen LogP contribution in [-0.2, 0) is 0 Å². The van der Waals surface area contributed by atoms with Gasteiger partial charge in [-0.3, -0.25) is 9.20 Å². The smallest absolute Gasteiger partial charge is 0.255 e. The zero-order valence-corrected chi connectivity index (χ0v) is 12.6. The molecule has 0 unspecified atom stereocenters. The molecule has 2 aromatic heterocycles. The summed E-state index contributed by atoms with van der Waals surface area (Å²) in [6.07, 6.45) is 3.55. The van der Waals surface area contributed by atoms with Crippen LogP contribution in [0.3, 0.4) is 0 Å². The summed E-state index contributed by atoms with van der Waals surface area (Å²) in [6.45, 7) is 5.37. The van der Waals surface area contributed by atoms with Crippen LogP contribution in [-0.4, -0.2) is 43.5 Å². The van der Waals surface area contributed by atoms with E-state index in [1.165, 1.54) is 0 Å². The lowest BCUT2D eigenvalue weighted by Crippen LogP contribution is -2.30. The normalized spacial score (nSPS) is 10.8. The lowest BCUT2D eigenvalue weighted by molar-refractivity contribution is 0.0773. The molecule has 6 nitrogen and oxygen atoms in total. The molecule has 0 radical (unpaired) electrons. The van der Waals surface area contributed by atoms with Gasteiger partial charge < -0.3 is 4.90 Å². The van der Waals surface area contributed by atoms with Crippen LogP contribution in [0.1, 0.15) is 24.2 Å². The summed E-state index contributed by atoms with van der Waals surface area (Å²) < 4.78 is 1.82. The maximum Gasteiger partial charge on any atom is 0.255 e. The van der Waals surface area contributed by atoms with E-state index in [0.717, 1.165) is 5.56 Å². The Morgan fingerprint density at radius 3 is 2.55 bits per heavy atom. The minimum absolute atomic E-state index is 0.0457. The Hall–Kier alpha value is -2.76. The van der Waals surface area contributed by atoms with E-state index in [2.05, 4.69) is 15.2 Å². The Kier molecular flexibility index (Phi) is 3.82. The molecule has 0 atom stereocenters. The lowest BCUT2D eigenvalue weighted by atomic mass is 10.1. The number of fused-ring (bicyclic) bond motifs is 1. The Bertz CT molecular complexity index is 790. The van der Waals surface area contributed by atoms with E-state index < -0.39 is 0 Å². The van der Waals surface area contributed by atoms with Crippen molar-refractivity contribution in [1.82, 2.24) is 24.5 Å². The summed E-state index contributed by atoms with van der Waals surface area (Å²) in [5.41, 5.74) is 1.58. The molecule has 6 heteroatoms. The van der Waals surface area contributed by atoms with E-state index in [4.69, 9.17) is 0 Å². The highest BCUT2D eigenvalue weighted by molar-refractivity contribution is 5.94. The van der Waals surface area contributed by atoms with E-state index in [1.807, 2.05) is 54.8 Å². The molecular formula is C16H17N5O. The van der Waals surface area contributed by atoms with Gasteiger partial charge in [-0.2, -0.15) is 0 Å². The number of amides is 1. The van der Waals surface area contributed by atoms with E-state index in [-0.39, 0.29) is 5.91 Å². The van der Waals surface area contributed by atoms with Gasteiger partial charge in [0.1, 0.15) is 0 Å². The van der Waals surface area contributed by atoms with Gasteiger partial charge in [0.2, 0.25) is 0 Å². The first-order valence-corrected chi connectivity index (χ1v) is 7.30. The van der Waals surface area contributed by atoms with Crippen LogP contribution in [0, 0.1) is 0 Å². The van der Waals surface area contributed by atoms with Crippen LogP contribution in [0.2, 0.25) is 0 Å². The standard InChI is InChI=1S/C16H17N5O/c1-3-20(4-2)15(22)13-8-6-12(7-9-13)14-18-19-16-17-10-5-11-21(14)16/h5-11H,3-4H2,1-2H3. The summed E-state index contributed by atoms with van der Waals surface area (Å²) in [4.78, 5) is 18.2. The predicted molar refractivity (Wildman–Crippen MR) is 83.5 cm³/mol. The summed E-state index contributed by atoms with van der Waals surface area (Å²) >= 11 is 0. The van der Waals surface area contributed by atoms with Gasteiger partial charge in [-0.05, 0) is 32.0 Å². The third kappa shape index (κ3) is 2.43. The minimum Gasteiger partial charge on any atom is -0.339 e. The zero-order chi connectivity index (χ0) is 15.5. The molecule has 22 heavy (non-hydrogen) atoms. The maximum atomic E-state index is 12.3. The summed E-state index contributed by atoms with van der Waals surface area (Å²) in [7, 11) is 0. The van der Waals surface area contributed by atoms with Crippen LogP contribution < -0.4 is 0 Å². The van der Waals surface area contributed by atoms with Gasteiger partial charge in [-0.15, -0.1) is 10.2 Å². The second-order valence-corrected chi connectivity index (χ2v) is 4.87. The highest BCUT2D eigenvalue weighted by atomic mass is 16.2. The average Bonchev–Trinajstić information content (AvgIpc) is 3.00. The molecule has 0 aliphatic heterocycles. The van der Waals surface area contributed by atoms with Crippen molar-refractivity contribution in [3.8, 4) is 11.4 Å². The zero-order valence-electron chi connectivity index (χ0n) is 12.6. The largest absolute Gasteiger partial charge is 0.339 e. The number of carbonyl (C=O) groups is 1. The molecule has 0 aliphatic rings. The van der Waals surface area contributed by atoms with Gasteiger partial charge in [-0.25, -0.2) is 4.98 Å². The molecule has 0 aliphatic carbocycles. The summed E-state index contributed by atoms with van der Waals surface area (Å²) in [5, 5.41) is 8.20. The quantitative estimate of drug-likeness (QED) is 0.740. The number of carbonyl (C=O) groups excluding carboxylic acids is 1. The SMILES string of the molecule is CCN(CC)C(=O)c1ccc(-c2nnc3ncccn23)cc1. The number of hydrogen-bond acceptors (Lipinski definition) is 4. The first-order valence-electron chi connectivity index (χ1n) is 7.30. The number of rotatable bonds is 4. The van der Waals surface area contributed by atoms with E-state index in [0.29, 0.717) is 30.3 Å². The molecule has 0 saturated heterocycles. The van der Waals surface area contributed by atoms with Gasteiger partial charge >= 0.3 is 0 Å². The van der Waals surface area contributed by atoms with E-state index in [9.17, 15) is 4.79 Å². The molecule has 2 heterocycles. The third-order valence-corrected chi connectivity index (χ3v) is 3.63. The van der Waals surface area contributed by atoms with Crippen molar-refractivity contribution in [2.24, 2.45) is 0 Å². The number of hydrogen-bond donors (Lipinski definition) is 0. The average molecular weight is 295 g/mol. The molecule has 0 spiro atoms. The molecule has 112 valence electrons. The fraction of sp³-hybridized carbons (Fsp3) is 0.250. The molecule has 3 rings (SSSR count). The topological polar surface area (TPSA) is 63.4 Å². The van der Waals surface area contributed by atoms with Crippen molar-refractivity contribution < 1.29 is 4.79 Å². The van der Waals surface area contributed by atoms with Crippen molar-refractivity contribution in [1.29, 1.82) is 0 Å². The van der Waals surface area contributed by atoms with Crippen LogP contribution in [0.5, 0.6) is 0 Å². The Morgan fingerprint density at radius 2 is 1.86 bits per heavy atom. The van der Waals surface area contributed by atoms with Gasteiger partial charge in [0.25, 0.3) is 11.7 Å². The van der Waals surface area contributed by atoms with Crippen molar-refractivity contribution in [2.75, 3.05) is 13.1 Å². The van der Waals surface area contributed by atoms with Gasteiger partial charge in [0, 0.05) is 36.6 Å². The van der Waals surface area contributed by atoms with E-state index in [1.54, 1.807) is 11.1 Å². The maximum absolute atomic E-state index is 12.3. The van der Waals surface area contributed by atoms with Crippen molar-refractivity contribution in [3.63, 3.8) is 0 Å². The van der Waals surface area contributed by atoms with Crippen LogP contribution in [0.4, 0.5) is 0 Å². The van der Waals surface area contributed by atoms with E-state index >= 15 is 0 Å². The first kappa shape index (κ1) is 14.2. The van der Waals surface area contributed by atoms with Gasteiger partial charge in [-0.1, -0.05) is 12.1 Å². The van der Waals surface area contributed by atoms with Crippen molar-refractivity contribution in [3.05, 3.63) is 48.3 Å². The van der Waals surface area contributed by atoms with Crippen LogP contribution >= 0.6 is 0 Å². The van der Waals surface area contributed by atoms with Crippen molar-refractivity contribution >= 4 is 11.7 Å². The second-order valence-electron chi connectivity index (χ2n) is 4.87. The molecule has 1 aromatic carbocycles. The monoisotopic (exact) mass is 295 g/mol. The highest BCUT2D eigenvalue weighted by Gasteiger charge is 2.13. The number of nitrogens with zero attached hydrogens (tertiary/aromatic N) is 5. The fourth-order valence-corrected chi connectivity index (χ4v) is 2.39. The Balaban J connectivity index is 1.93. The lowest BCUT2D eigenvalue weighted by Gasteiger charge is -2.18. The number of benzene rings is 1. The fourth-order valence-electron chi connectivity index (χ4n) is 2.39. The molecular weight excluding hydrogens is 278 g/mol. The molecule has 0 bridgehead atoms. The van der Waals surface area contributed by atoms with Crippen LogP contribution in [0.15, 0.2) is 42.7 Å². The first-order chi connectivity index (χ1) is 10.7. The Morgan fingerprint density at radius 1 is 1.14 bits per heavy atom. The summed E-state index contributed by atoms with van der Waals surface area (Å²) in [6, 6.07) is 9.26.